The molecule has 0 atom stereocenters. The topological polar surface area (TPSA) is 49.8 Å². The summed E-state index contributed by atoms with van der Waals surface area (Å²) in [5.74, 6) is 1.69. The number of rotatable bonds is 6. The van der Waals surface area contributed by atoms with Crippen molar-refractivity contribution in [3.8, 4) is 0 Å². The Morgan fingerprint density at radius 1 is 1.14 bits per heavy atom. The molecule has 0 aliphatic carbocycles. The first-order valence-corrected chi connectivity index (χ1v) is 8.36. The molecule has 5 heteroatoms. The van der Waals surface area contributed by atoms with Gasteiger partial charge in [0, 0.05) is 18.3 Å². The molecule has 4 nitrogen and oxygen atoms in total. The highest BCUT2D eigenvalue weighted by Crippen LogP contribution is 2.24. The summed E-state index contributed by atoms with van der Waals surface area (Å²) in [6.07, 6.45) is 3.05. The summed E-state index contributed by atoms with van der Waals surface area (Å²) in [4.78, 5) is 9.00. The van der Waals surface area contributed by atoms with Crippen LogP contribution in [0.1, 0.15) is 24.5 Å². The smallest absolute Gasteiger partial charge is 0.191 e. The van der Waals surface area contributed by atoms with E-state index in [0.29, 0.717) is 0 Å². The minimum Gasteiger partial charge on any atom is -0.370 e. The standard InChI is InChI=1S/C16H22N4S/c1-5-9-17-14-10-15(20-16(19-14)21-4)18-13-8-6-7-11(2)12(13)3/h6-8,10H,5,9H2,1-4H3,(H2,17,18,19,20). The molecule has 2 rings (SSSR count). The minimum absolute atomic E-state index is 0.768. The van der Waals surface area contributed by atoms with E-state index in [0.717, 1.165) is 35.4 Å². The summed E-state index contributed by atoms with van der Waals surface area (Å²) >= 11 is 1.55. The lowest BCUT2D eigenvalue weighted by Crippen LogP contribution is -2.05. The quantitative estimate of drug-likeness (QED) is 0.612. The third-order valence-corrected chi connectivity index (χ3v) is 3.86. The van der Waals surface area contributed by atoms with Crippen LogP contribution in [0.4, 0.5) is 17.3 Å². The van der Waals surface area contributed by atoms with Gasteiger partial charge in [-0.25, -0.2) is 9.97 Å². The fourth-order valence-corrected chi connectivity index (χ4v) is 2.33. The molecule has 1 aromatic carbocycles. The van der Waals surface area contributed by atoms with Crippen molar-refractivity contribution in [3.05, 3.63) is 35.4 Å². The van der Waals surface area contributed by atoms with E-state index in [1.807, 2.05) is 12.3 Å². The zero-order chi connectivity index (χ0) is 15.2. The molecule has 0 saturated heterocycles. The first-order chi connectivity index (χ1) is 10.1. The van der Waals surface area contributed by atoms with Gasteiger partial charge in [-0.05, 0) is 43.7 Å². The van der Waals surface area contributed by atoms with Crippen molar-refractivity contribution in [3.63, 3.8) is 0 Å². The van der Waals surface area contributed by atoms with Crippen molar-refractivity contribution in [2.24, 2.45) is 0 Å². The second-order valence-electron chi connectivity index (χ2n) is 4.92. The second kappa shape index (κ2) is 7.31. The van der Waals surface area contributed by atoms with E-state index in [9.17, 15) is 0 Å². The van der Waals surface area contributed by atoms with Crippen LogP contribution in [0, 0.1) is 13.8 Å². The predicted molar refractivity (Wildman–Crippen MR) is 91.8 cm³/mol. The lowest BCUT2D eigenvalue weighted by atomic mass is 10.1. The number of anilines is 3. The van der Waals surface area contributed by atoms with Gasteiger partial charge < -0.3 is 10.6 Å². The molecule has 21 heavy (non-hydrogen) atoms. The molecule has 0 spiro atoms. The van der Waals surface area contributed by atoms with Crippen LogP contribution in [-0.2, 0) is 0 Å². The monoisotopic (exact) mass is 302 g/mol. The molecule has 1 heterocycles. The van der Waals surface area contributed by atoms with Crippen LogP contribution in [0.15, 0.2) is 29.4 Å². The number of benzene rings is 1. The van der Waals surface area contributed by atoms with Crippen molar-refractivity contribution >= 4 is 29.1 Å². The summed E-state index contributed by atoms with van der Waals surface area (Å²) in [6, 6.07) is 8.19. The normalized spacial score (nSPS) is 10.5. The molecular weight excluding hydrogens is 280 g/mol. The van der Waals surface area contributed by atoms with Crippen LogP contribution in [0.25, 0.3) is 0 Å². The molecule has 0 amide bonds. The van der Waals surface area contributed by atoms with E-state index in [2.05, 4.69) is 59.6 Å². The number of nitrogens with one attached hydrogen (secondary N) is 2. The Kier molecular flexibility index (Phi) is 5.44. The van der Waals surface area contributed by atoms with Gasteiger partial charge in [0.25, 0.3) is 0 Å². The molecule has 112 valence electrons. The summed E-state index contributed by atoms with van der Waals surface area (Å²) in [7, 11) is 0. The highest BCUT2D eigenvalue weighted by Gasteiger charge is 2.06. The summed E-state index contributed by atoms with van der Waals surface area (Å²) < 4.78 is 0. The van der Waals surface area contributed by atoms with Gasteiger partial charge in [-0.2, -0.15) is 0 Å². The maximum atomic E-state index is 4.53. The Bertz CT molecular complexity index is 613. The van der Waals surface area contributed by atoms with Gasteiger partial charge in [0.05, 0.1) is 0 Å². The van der Waals surface area contributed by atoms with Crippen molar-refractivity contribution < 1.29 is 0 Å². The Morgan fingerprint density at radius 3 is 2.62 bits per heavy atom. The number of aromatic nitrogens is 2. The van der Waals surface area contributed by atoms with Crippen LogP contribution in [0.3, 0.4) is 0 Å². The lowest BCUT2D eigenvalue weighted by molar-refractivity contribution is 0.929. The first kappa shape index (κ1) is 15.6. The predicted octanol–water partition coefficient (Wildman–Crippen LogP) is 4.38. The summed E-state index contributed by atoms with van der Waals surface area (Å²) in [5, 5.41) is 7.48. The van der Waals surface area contributed by atoms with E-state index >= 15 is 0 Å². The third kappa shape index (κ3) is 4.11. The van der Waals surface area contributed by atoms with E-state index < -0.39 is 0 Å². The molecule has 1 aromatic heterocycles. The molecule has 0 bridgehead atoms. The van der Waals surface area contributed by atoms with Crippen LogP contribution < -0.4 is 10.6 Å². The highest BCUT2D eigenvalue weighted by molar-refractivity contribution is 7.98. The number of hydrogen-bond acceptors (Lipinski definition) is 5. The molecule has 0 saturated carbocycles. The Labute approximate surface area is 130 Å². The Hall–Kier alpha value is -1.75. The molecule has 2 aromatic rings. The maximum absolute atomic E-state index is 4.53. The largest absolute Gasteiger partial charge is 0.370 e. The zero-order valence-electron chi connectivity index (χ0n) is 13.0. The number of thioether (sulfide) groups is 1. The van der Waals surface area contributed by atoms with Crippen molar-refractivity contribution in [1.29, 1.82) is 0 Å². The van der Waals surface area contributed by atoms with E-state index in [1.54, 1.807) is 11.8 Å². The van der Waals surface area contributed by atoms with E-state index in [1.165, 1.54) is 11.1 Å². The summed E-state index contributed by atoms with van der Waals surface area (Å²) in [6.45, 7) is 7.28. The van der Waals surface area contributed by atoms with Crippen LogP contribution in [-0.4, -0.2) is 22.8 Å². The molecule has 2 N–H and O–H groups in total. The van der Waals surface area contributed by atoms with Crippen LogP contribution in [0.2, 0.25) is 0 Å². The average molecular weight is 302 g/mol. The van der Waals surface area contributed by atoms with Gasteiger partial charge in [-0.15, -0.1) is 0 Å². The van der Waals surface area contributed by atoms with Gasteiger partial charge in [-0.3, -0.25) is 0 Å². The number of nitrogens with zero attached hydrogens (tertiary/aromatic N) is 2. The summed E-state index contributed by atoms with van der Waals surface area (Å²) in [5.41, 5.74) is 3.59. The Balaban J connectivity index is 2.28. The van der Waals surface area contributed by atoms with E-state index in [-0.39, 0.29) is 0 Å². The number of aryl methyl sites for hydroxylation is 1. The average Bonchev–Trinajstić information content (AvgIpc) is 2.49. The van der Waals surface area contributed by atoms with Crippen molar-refractivity contribution in [2.45, 2.75) is 32.3 Å². The zero-order valence-corrected chi connectivity index (χ0v) is 13.8. The molecular formula is C16H22N4S. The van der Waals surface area contributed by atoms with Crippen LogP contribution >= 0.6 is 11.8 Å². The number of hydrogen-bond donors (Lipinski definition) is 2. The van der Waals surface area contributed by atoms with E-state index in [4.69, 9.17) is 0 Å². The van der Waals surface area contributed by atoms with Gasteiger partial charge in [0.15, 0.2) is 5.16 Å². The van der Waals surface area contributed by atoms with Crippen molar-refractivity contribution in [2.75, 3.05) is 23.4 Å². The highest BCUT2D eigenvalue weighted by atomic mass is 32.2. The van der Waals surface area contributed by atoms with Gasteiger partial charge in [0.2, 0.25) is 0 Å². The van der Waals surface area contributed by atoms with Gasteiger partial charge >= 0.3 is 0 Å². The molecule has 0 aliphatic heterocycles. The van der Waals surface area contributed by atoms with Crippen LogP contribution in [0.5, 0.6) is 0 Å². The van der Waals surface area contributed by atoms with Gasteiger partial charge in [-0.1, -0.05) is 30.8 Å². The third-order valence-electron chi connectivity index (χ3n) is 3.31. The van der Waals surface area contributed by atoms with Crippen molar-refractivity contribution in [1.82, 2.24) is 9.97 Å². The maximum Gasteiger partial charge on any atom is 0.191 e. The Morgan fingerprint density at radius 2 is 1.90 bits per heavy atom. The second-order valence-corrected chi connectivity index (χ2v) is 5.70. The fraction of sp³-hybridized carbons (Fsp3) is 0.375. The fourth-order valence-electron chi connectivity index (χ4n) is 1.95. The molecule has 0 fully saturated rings. The SMILES string of the molecule is CCCNc1cc(Nc2cccc(C)c2C)nc(SC)n1. The minimum atomic E-state index is 0.768. The molecule has 0 unspecified atom stereocenters. The first-order valence-electron chi connectivity index (χ1n) is 7.14. The molecule has 0 radical (unpaired) electrons. The van der Waals surface area contributed by atoms with Gasteiger partial charge in [0.1, 0.15) is 11.6 Å². The molecule has 0 aliphatic rings. The lowest BCUT2D eigenvalue weighted by Gasteiger charge is -2.13.